The van der Waals surface area contributed by atoms with Gasteiger partial charge >= 0.3 is 0 Å². The SMILES string of the molecule is CC(C)(C)c1ccc(O)c(-n2n3c4ccc(C(=O)NCCOCCNC(=O)c5ccc6c(c5)n5n(-c7cc(C(C)(C)C)ccc7O)n65)cc4n23)c1. The van der Waals surface area contributed by atoms with E-state index < -0.39 is 0 Å². The van der Waals surface area contributed by atoms with E-state index >= 15 is 0 Å². The molecule has 8 aromatic rings. The lowest BCUT2D eigenvalue weighted by molar-refractivity contribution is 0.0893. The van der Waals surface area contributed by atoms with Gasteiger partial charge in [0.25, 0.3) is 11.8 Å². The summed E-state index contributed by atoms with van der Waals surface area (Å²) in [5.74, 6) is -0.0373. The van der Waals surface area contributed by atoms with Crippen LogP contribution in [-0.2, 0) is 15.6 Å². The lowest BCUT2D eigenvalue weighted by Crippen LogP contribution is -2.30. The fourth-order valence-electron chi connectivity index (χ4n) is 6.46. The van der Waals surface area contributed by atoms with Crippen LogP contribution in [0.15, 0.2) is 72.8 Å². The van der Waals surface area contributed by atoms with Crippen molar-refractivity contribution < 1.29 is 24.5 Å². The fourth-order valence-corrected chi connectivity index (χ4v) is 6.46. The predicted molar refractivity (Wildman–Crippen MR) is 194 cm³/mol. The molecule has 264 valence electrons. The Morgan fingerprint density at radius 2 is 0.961 bits per heavy atom. The summed E-state index contributed by atoms with van der Waals surface area (Å²) < 4.78 is 13.4. The maximum atomic E-state index is 12.9. The Morgan fingerprint density at radius 1 is 0.569 bits per heavy atom. The van der Waals surface area contributed by atoms with Crippen LogP contribution >= 0.6 is 0 Å². The van der Waals surface area contributed by atoms with Gasteiger partial charge in [-0.05, 0) is 82.6 Å². The summed E-state index contributed by atoms with van der Waals surface area (Å²) in [6, 6.07) is 22.3. The summed E-state index contributed by atoms with van der Waals surface area (Å²) in [5, 5.41) is 26.9. The molecule has 4 N–H and O–H groups in total. The Hall–Kier alpha value is -5.82. The van der Waals surface area contributed by atoms with Crippen molar-refractivity contribution in [3.05, 3.63) is 95.1 Å². The number of aromatic hydroxyl groups is 2. The van der Waals surface area contributed by atoms with Gasteiger partial charge in [-0.1, -0.05) is 53.7 Å². The minimum atomic E-state index is -0.208. The van der Waals surface area contributed by atoms with Crippen molar-refractivity contribution in [2.24, 2.45) is 0 Å². The van der Waals surface area contributed by atoms with Crippen LogP contribution in [0.25, 0.3) is 33.4 Å². The zero-order valence-electron chi connectivity index (χ0n) is 29.6. The van der Waals surface area contributed by atoms with E-state index in [1.165, 1.54) is 0 Å². The van der Waals surface area contributed by atoms with Crippen LogP contribution in [0.5, 0.6) is 11.5 Å². The largest absolute Gasteiger partial charge is 0.506 e. The lowest BCUT2D eigenvalue weighted by Gasteiger charge is -2.19. The molecule has 0 aliphatic heterocycles. The highest BCUT2D eigenvalue weighted by Crippen LogP contribution is 2.36. The zero-order valence-corrected chi connectivity index (χ0v) is 29.6. The minimum absolute atomic E-state index is 0.0598. The molecular formula is C38H42N8O5. The van der Waals surface area contributed by atoms with Crippen LogP contribution in [0.4, 0.5) is 0 Å². The van der Waals surface area contributed by atoms with Gasteiger partial charge in [0.15, 0.2) is 0 Å². The number of amides is 2. The number of nitrogens with zero attached hydrogens (tertiary/aromatic N) is 6. The lowest BCUT2D eigenvalue weighted by atomic mass is 9.87. The quantitative estimate of drug-likeness (QED) is 0.144. The Balaban J connectivity index is 0.811. The second-order valence-corrected chi connectivity index (χ2v) is 15.2. The molecule has 0 spiro atoms. The maximum absolute atomic E-state index is 12.9. The molecular weight excluding hydrogens is 648 g/mol. The zero-order chi connectivity index (χ0) is 36.0. The third-order valence-electron chi connectivity index (χ3n) is 9.53. The van der Waals surface area contributed by atoms with E-state index in [2.05, 4.69) is 52.2 Å². The number of nitrogens with one attached hydrogen (secondary N) is 2. The first-order valence-electron chi connectivity index (χ1n) is 17.1. The van der Waals surface area contributed by atoms with Crippen LogP contribution in [0.1, 0.15) is 73.4 Å². The summed E-state index contributed by atoms with van der Waals surface area (Å²) in [6.07, 6.45) is 0. The van der Waals surface area contributed by atoms with Crippen molar-refractivity contribution >= 4 is 33.9 Å². The Morgan fingerprint density at radius 3 is 1.35 bits per heavy atom. The van der Waals surface area contributed by atoms with E-state index in [-0.39, 0.29) is 34.1 Å². The number of phenols is 2. The Labute approximate surface area is 293 Å². The predicted octanol–water partition coefficient (Wildman–Crippen LogP) is 5.34. The van der Waals surface area contributed by atoms with Gasteiger partial charge in [0.1, 0.15) is 44.9 Å². The molecule has 0 bridgehead atoms. The molecule has 0 aliphatic rings. The number of benzene rings is 4. The highest BCUT2D eigenvalue weighted by molar-refractivity contribution is 5.98. The van der Waals surface area contributed by atoms with Crippen molar-refractivity contribution in [3.8, 4) is 22.9 Å². The van der Waals surface area contributed by atoms with Crippen molar-refractivity contribution in [2.45, 2.75) is 52.4 Å². The second kappa shape index (κ2) is 11.4. The number of hydrogen-bond acceptors (Lipinski definition) is 5. The molecule has 0 saturated carbocycles. The van der Waals surface area contributed by atoms with Gasteiger partial charge in [-0.2, -0.15) is 0 Å². The number of hydrogen-bond donors (Lipinski definition) is 4. The van der Waals surface area contributed by atoms with Gasteiger partial charge in [-0.25, -0.2) is 0 Å². The molecule has 0 atom stereocenters. The standard InChI is InChI=1S/C38H42N8O5/c1-37(2,3)25-9-13-33(47)31(21-25)45-41-27-11-7-23(19-29(27)43(41)45)35(49)39-15-17-51-18-16-40-36(50)24-8-12-28-30(20-24)44-42(28)46(44)32-22-26(38(4,5)6)10-14-34(32)48/h7-14,19-22,47-48H,15-18H2,1-6H3,(H,39,49)(H,40,50). The van der Waals surface area contributed by atoms with Crippen molar-refractivity contribution in [1.29, 1.82) is 0 Å². The van der Waals surface area contributed by atoms with Crippen molar-refractivity contribution in [2.75, 3.05) is 26.3 Å². The van der Waals surface area contributed by atoms with Crippen molar-refractivity contribution in [3.63, 3.8) is 0 Å². The average Bonchev–Trinajstić information content (AvgIpc) is 3.94. The molecule has 0 unspecified atom stereocenters. The van der Waals surface area contributed by atoms with Gasteiger partial charge in [0.05, 0.1) is 13.2 Å². The summed E-state index contributed by atoms with van der Waals surface area (Å²) in [7, 11) is 0. The summed E-state index contributed by atoms with van der Waals surface area (Å²) >= 11 is 0. The van der Waals surface area contributed by atoms with Crippen LogP contribution in [-0.4, -0.2) is 76.4 Å². The molecule has 4 aromatic carbocycles. The van der Waals surface area contributed by atoms with E-state index in [1.807, 2.05) is 76.6 Å². The third-order valence-corrected chi connectivity index (χ3v) is 9.53. The van der Waals surface area contributed by atoms with Gasteiger partial charge in [-0.3, -0.25) is 9.59 Å². The first-order chi connectivity index (χ1) is 24.2. The molecule has 13 heteroatoms. The maximum Gasteiger partial charge on any atom is 0.251 e. The fraction of sp³-hybridized carbons (Fsp3) is 0.316. The van der Waals surface area contributed by atoms with Crippen LogP contribution < -0.4 is 10.6 Å². The van der Waals surface area contributed by atoms with E-state index in [0.717, 1.165) is 33.2 Å². The summed E-state index contributed by atoms with van der Waals surface area (Å²) in [5.41, 5.74) is 8.23. The van der Waals surface area contributed by atoms with Gasteiger partial charge < -0.3 is 25.6 Å². The molecule has 4 heterocycles. The number of ether oxygens (including phenoxy) is 1. The number of aromatic nitrogens is 6. The normalized spacial score (nSPS) is 12.8. The Bertz CT molecular complexity index is 2380. The number of fused-ring (bicyclic) bond motifs is 8. The molecule has 13 nitrogen and oxygen atoms in total. The second-order valence-electron chi connectivity index (χ2n) is 15.2. The topological polar surface area (TPSA) is 135 Å². The van der Waals surface area contributed by atoms with Crippen LogP contribution in [0.3, 0.4) is 0 Å². The Kier molecular flexibility index (Phi) is 7.21. The van der Waals surface area contributed by atoms with Crippen LogP contribution in [0.2, 0.25) is 0 Å². The number of phenolic OH excluding ortho intramolecular Hbond substituents is 2. The van der Waals surface area contributed by atoms with Crippen molar-refractivity contribution in [1.82, 2.24) is 38.7 Å². The van der Waals surface area contributed by atoms with E-state index in [1.54, 1.807) is 24.3 Å². The molecule has 4 aromatic heterocycles. The molecule has 51 heavy (non-hydrogen) atoms. The molecule has 8 rings (SSSR count). The molecule has 2 amide bonds. The first-order valence-corrected chi connectivity index (χ1v) is 17.1. The molecule has 0 aliphatic carbocycles. The molecule has 0 fully saturated rings. The van der Waals surface area contributed by atoms with E-state index in [4.69, 9.17) is 4.74 Å². The average molecular weight is 691 g/mol. The number of rotatable bonds is 10. The van der Waals surface area contributed by atoms with Gasteiger partial charge in [-0.15, -0.1) is 28.1 Å². The summed E-state index contributed by atoms with van der Waals surface area (Å²) in [4.78, 5) is 29.5. The minimum Gasteiger partial charge on any atom is -0.506 e. The summed E-state index contributed by atoms with van der Waals surface area (Å²) in [6.45, 7) is 14.0. The highest BCUT2D eigenvalue weighted by Gasteiger charge is 2.29. The van der Waals surface area contributed by atoms with E-state index in [0.29, 0.717) is 48.8 Å². The van der Waals surface area contributed by atoms with E-state index in [9.17, 15) is 19.8 Å². The third kappa shape index (κ3) is 5.44. The molecule has 0 radical (unpaired) electrons. The number of carbonyl (C=O) groups excluding carboxylic acids is 2. The smallest absolute Gasteiger partial charge is 0.251 e. The van der Waals surface area contributed by atoms with Gasteiger partial charge in [0, 0.05) is 24.2 Å². The molecule has 0 saturated heterocycles. The number of carbonyl (C=O) groups is 2. The van der Waals surface area contributed by atoms with Gasteiger partial charge in [0.2, 0.25) is 0 Å². The highest BCUT2D eigenvalue weighted by atomic mass is 16.5. The monoisotopic (exact) mass is 690 g/mol. The first kappa shape index (κ1) is 32.4. The van der Waals surface area contributed by atoms with Crippen LogP contribution in [0, 0.1) is 0 Å².